The van der Waals surface area contributed by atoms with Crippen molar-refractivity contribution in [3.8, 4) is 0 Å². The molecule has 19 heavy (non-hydrogen) atoms. The van der Waals surface area contributed by atoms with E-state index in [9.17, 15) is 8.42 Å². The highest BCUT2D eigenvalue weighted by Crippen LogP contribution is 2.23. The van der Waals surface area contributed by atoms with E-state index in [1.54, 1.807) is 12.1 Å². The summed E-state index contributed by atoms with van der Waals surface area (Å²) in [5.74, 6) is 0.408. The number of halogens is 1. The number of nitrogens with two attached hydrogens (primary N) is 1. The zero-order chi connectivity index (χ0) is 14.0. The second-order valence-electron chi connectivity index (χ2n) is 4.66. The van der Waals surface area contributed by atoms with Crippen LogP contribution in [0, 0.1) is 0 Å². The van der Waals surface area contributed by atoms with E-state index in [1.165, 1.54) is 6.07 Å². The Morgan fingerprint density at radius 2 is 2.21 bits per heavy atom. The van der Waals surface area contributed by atoms with Crippen LogP contribution in [0.15, 0.2) is 28.1 Å². The number of nitrogens with zero attached hydrogens (tertiary/aromatic N) is 1. The van der Waals surface area contributed by atoms with Crippen LogP contribution in [0.3, 0.4) is 0 Å². The van der Waals surface area contributed by atoms with Crippen molar-refractivity contribution in [1.29, 1.82) is 0 Å². The second-order valence-corrected chi connectivity index (χ2v) is 7.05. The van der Waals surface area contributed by atoms with Gasteiger partial charge < -0.3 is 11.1 Å². The van der Waals surface area contributed by atoms with Crippen LogP contribution in [0.25, 0.3) is 0 Å². The van der Waals surface area contributed by atoms with Gasteiger partial charge in [-0.2, -0.15) is 0 Å². The molecule has 1 fully saturated rings. The molecule has 5 nitrogen and oxygen atoms in total. The van der Waals surface area contributed by atoms with Gasteiger partial charge in [-0.3, -0.25) is 0 Å². The number of rotatable bonds is 4. The van der Waals surface area contributed by atoms with Gasteiger partial charge in [-0.05, 0) is 30.5 Å². The summed E-state index contributed by atoms with van der Waals surface area (Å²) < 4.78 is 22.8. The molecular formula is C12H16ClN3O2S. The first-order valence-electron chi connectivity index (χ1n) is 5.91. The van der Waals surface area contributed by atoms with Crippen LogP contribution in [-0.2, 0) is 16.4 Å². The molecule has 0 unspecified atom stereocenters. The Bertz CT molecular complexity index is 609. The molecule has 104 valence electrons. The van der Waals surface area contributed by atoms with Crippen molar-refractivity contribution in [3.05, 3.63) is 28.8 Å². The minimum Gasteiger partial charge on any atom is -0.370 e. The number of aliphatic imine (C=N–C) groups is 1. The smallest absolute Gasteiger partial charge is 0.189 e. The van der Waals surface area contributed by atoms with Gasteiger partial charge in [0.05, 0.1) is 16.5 Å². The van der Waals surface area contributed by atoms with Crippen LogP contribution in [0.1, 0.15) is 18.4 Å². The van der Waals surface area contributed by atoms with E-state index in [0.29, 0.717) is 18.5 Å². The summed E-state index contributed by atoms with van der Waals surface area (Å²) in [7, 11) is -3.29. The van der Waals surface area contributed by atoms with Crippen molar-refractivity contribution in [1.82, 2.24) is 5.32 Å². The normalized spacial score (nSPS) is 16.4. The predicted octanol–water partition coefficient (Wildman–Crippen LogP) is 1.31. The van der Waals surface area contributed by atoms with Crippen molar-refractivity contribution in [2.24, 2.45) is 10.7 Å². The van der Waals surface area contributed by atoms with Crippen molar-refractivity contribution in [2.45, 2.75) is 30.3 Å². The number of hydrogen-bond acceptors (Lipinski definition) is 3. The monoisotopic (exact) mass is 301 g/mol. The lowest BCUT2D eigenvalue weighted by molar-refractivity contribution is 0.602. The molecule has 3 N–H and O–H groups in total. The van der Waals surface area contributed by atoms with Gasteiger partial charge >= 0.3 is 0 Å². The van der Waals surface area contributed by atoms with Gasteiger partial charge in [-0.25, -0.2) is 13.4 Å². The lowest BCUT2D eigenvalue weighted by Crippen LogP contribution is -2.33. The fourth-order valence-corrected chi connectivity index (χ4v) is 2.95. The van der Waals surface area contributed by atoms with Crippen molar-refractivity contribution in [2.75, 3.05) is 6.26 Å². The Balaban J connectivity index is 2.07. The highest BCUT2D eigenvalue weighted by molar-refractivity contribution is 7.90. The molecule has 2 rings (SSSR count). The van der Waals surface area contributed by atoms with Gasteiger partial charge in [0.1, 0.15) is 0 Å². The maximum atomic E-state index is 11.4. The first kappa shape index (κ1) is 14.1. The summed E-state index contributed by atoms with van der Waals surface area (Å²) in [6.45, 7) is 0.370. The van der Waals surface area contributed by atoms with Crippen molar-refractivity contribution < 1.29 is 8.42 Å². The van der Waals surface area contributed by atoms with Crippen LogP contribution in [0.4, 0.5) is 0 Å². The van der Waals surface area contributed by atoms with Crippen LogP contribution >= 0.6 is 11.6 Å². The van der Waals surface area contributed by atoms with Gasteiger partial charge in [0.2, 0.25) is 0 Å². The van der Waals surface area contributed by atoms with Crippen LogP contribution in [0.5, 0.6) is 0 Å². The highest BCUT2D eigenvalue weighted by Gasteiger charge is 2.21. The molecule has 1 aromatic rings. The second kappa shape index (κ2) is 5.38. The minimum absolute atomic E-state index is 0.131. The maximum Gasteiger partial charge on any atom is 0.189 e. The molecule has 1 aliphatic carbocycles. The van der Waals surface area contributed by atoms with E-state index >= 15 is 0 Å². The number of hydrogen-bond donors (Lipinski definition) is 2. The SMILES string of the molecule is CS(=O)(=O)c1ccc(CN=C(N)NC2CC2)cc1Cl. The molecule has 0 bridgehead atoms. The predicted molar refractivity (Wildman–Crippen MR) is 76.0 cm³/mol. The zero-order valence-corrected chi connectivity index (χ0v) is 12.1. The third-order valence-corrected chi connectivity index (χ3v) is 4.34. The molecule has 0 heterocycles. The summed E-state index contributed by atoms with van der Waals surface area (Å²) in [6.07, 6.45) is 3.39. The van der Waals surface area contributed by atoms with E-state index in [-0.39, 0.29) is 9.92 Å². The van der Waals surface area contributed by atoms with Gasteiger partial charge in [0, 0.05) is 12.3 Å². The van der Waals surface area contributed by atoms with Gasteiger partial charge in [-0.15, -0.1) is 0 Å². The first-order chi connectivity index (χ1) is 8.86. The number of nitrogens with one attached hydrogen (secondary N) is 1. The van der Waals surface area contributed by atoms with Gasteiger partial charge in [-0.1, -0.05) is 17.7 Å². The molecule has 1 aliphatic rings. The fraction of sp³-hybridized carbons (Fsp3) is 0.417. The van der Waals surface area contributed by atoms with Crippen LogP contribution in [-0.4, -0.2) is 26.7 Å². The zero-order valence-electron chi connectivity index (χ0n) is 10.6. The standard InChI is InChI=1S/C12H16ClN3O2S/c1-19(17,18)11-5-2-8(6-10(11)13)7-15-12(14)16-9-3-4-9/h2,5-6,9H,3-4,7H2,1H3,(H3,14,15,16). The summed E-state index contributed by atoms with van der Waals surface area (Å²) in [5, 5.41) is 3.29. The summed E-state index contributed by atoms with van der Waals surface area (Å²) in [4.78, 5) is 4.31. The Labute approximate surface area is 117 Å². The Morgan fingerprint density at radius 1 is 1.53 bits per heavy atom. The Morgan fingerprint density at radius 3 is 2.74 bits per heavy atom. The third-order valence-electron chi connectivity index (χ3n) is 2.76. The molecule has 0 atom stereocenters. The number of benzene rings is 1. The highest BCUT2D eigenvalue weighted by atomic mass is 35.5. The molecular weight excluding hydrogens is 286 g/mol. The lowest BCUT2D eigenvalue weighted by atomic mass is 10.2. The molecule has 1 aromatic carbocycles. The maximum absolute atomic E-state index is 11.4. The summed E-state index contributed by atoms with van der Waals surface area (Å²) >= 11 is 5.95. The van der Waals surface area contributed by atoms with Crippen LogP contribution < -0.4 is 11.1 Å². The largest absolute Gasteiger partial charge is 0.370 e. The molecule has 0 spiro atoms. The summed E-state index contributed by atoms with van der Waals surface area (Å²) in [5.41, 5.74) is 6.53. The molecule has 0 amide bonds. The molecule has 0 aliphatic heterocycles. The molecule has 0 aromatic heterocycles. The van der Waals surface area contributed by atoms with E-state index < -0.39 is 9.84 Å². The van der Waals surface area contributed by atoms with E-state index in [4.69, 9.17) is 17.3 Å². The third kappa shape index (κ3) is 4.11. The number of sulfone groups is 1. The van der Waals surface area contributed by atoms with Crippen LogP contribution in [0.2, 0.25) is 5.02 Å². The minimum atomic E-state index is -3.29. The van der Waals surface area contributed by atoms with Gasteiger partial charge in [0.15, 0.2) is 15.8 Å². The quantitative estimate of drug-likeness (QED) is 0.649. The molecule has 0 saturated heterocycles. The number of guanidine groups is 1. The Hall–Kier alpha value is -1.27. The van der Waals surface area contributed by atoms with Gasteiger partial charge in [0.25, 0.3) is 0 Å². The lowest BCUT2D eigenvalue weighted by Gasteiger charge is -2.05. The molecule has 1 saturated carbocycles. The fourth-order valence-electron chi connectivity index (χ4n) is 1.60. The topological polar surface area (TPSA) is 84.5 Å². The van der Waals surface area contributed by atoms with Crippen molar-refractivity contribution in [3.63, 3.8) is 0 Å². The van der Waals surface area contributed by atoms with Crippen molar-refractivity contribution >= 4 is 27.4 Å². The van der Waals surface area contributed by atoms with E-state index in [1.807, 2.05) is 0 Å². The molecule has 0 radical (unpaired) electrons. The Kier molecular flexibility index (Phi) is 4.01. The average Bonchev–Trinajstić information content (AvgIpc) is 3.08. The first-order valence-corrected chi connectivity index (χ1v) is 8.18. The van der Waals surface area contributed by atoms with E-state index in [2.05, 4.69) is 10.3 Å². The average molecular weight is 302 g/mol. The van der Waals surface area contributed by atoms with E-state index in [0.717, 1.165) is 24.7 Å². The molecule has 7 heteroatoms. The summed E-state index contributed by atoms with van der Waals surface area (Å²) in [6, 6.07) is 5.25.